The molecule has 0 spiro atoms. The van der Waals surface area contributed by atoms with Gasteiger partial charge in [-0.25, -0.2) is 4.79 Å². The van der Waals surface area contributed by atoms with Gasteiger partial charge in [0.1, 0.15) is 0 Å². The first-order valence-corrected chi connectivity index (χ1v) is 33.5. The van der Waals surface area contributed by atoms with E-state index in [1.54, 1.807) is 0 Å². The van der Waals surface area contributed by atoms with E-state index in [2.05, 4.69) is 63.2 Å². The molecule has 0 aromatic carbocycles. The molecule has 0 bridgehead atoms. The number of nitrogens with one attached hydrogen (secondary N) is 3. The second kappa shape index (κ2) is 76.9. The molecule has 0 saturated heterocycles. The third-order valence-corrected chi connectivity index (χ3v) is 13.9. The normalized spacial score (nSPS) is 10.9. The molecular weight excluding hydrogens is 1010 g/mol. The van der Waals surface area contributed by atoms with E-state index < -0.39 is 11.9 Å². The molecule has 0 aromatic rings. The quantitative estimate of drug-likeness (QED) is 0.0202. The van der Waals surface area contributed by atoms with E-state index >= 15 is 0 Å². The second-order valence-corrected chi connectivity index (χ2v) is 23.8. The van der Waals surface area contributed by atoms with Crippen molar-refractivity contribution in [3.05, 3.63) is 12.2 Å². The van der Waals surface area contributed by atoms with Crippen molar-refractivity contribution in [1.29, 1.82) is 0 Å². The lowest BCUT2D eigenvalue weighted by Gasteiger charge is -2.06. The van der Waals surface area contributed by atoms with E-state index in [1.807, 2.05) is 0 Å². The van der Waals surface area contributed by atoms with Crippen LogP contribution in [0.4, 0.5) is 0 Å². The van der Waals surface area contributed by atoms with Gasteiger partial charge in [-0.15, -0.1) is 0 Å². The number of rotatable bonds is 57. The van der Waals surface area contributed by atoms with Crippen LogP contribution in [0.5, 0.6) is 0 Å². The number of unbranched alkanes of at least 4 members (excludes halogenated alkanes) is 33. The van der Waals surface area contributed by atoms with Gasteiger partial charge in [-0.2, -0.15) is 0 Å². The van der Waals surface area contributed by atoms with Crippen molar-refractivity contribution in [2.75, 3.05) is 52.4 Å². The highest BCUT2D eigenvalue weighted by Crippen LogP contribution is 2.17. The van der Waals surface area contributed by atoms with Gasteiger partial charge in [-0.1, -0.05) is 273 Å². The Bertz CT molecular complexity index is 1190. The summed E-state index contributed by atoms with van der Waals surface area (Å²) in [7, 11) is 0. The van der Waals surface area contributed by atoms with Crippen molar-refractivity contribution in [2.24, 2.45) is 52.2 Å². The van der Waals surface area contributed by atoms with Crippen LogP contribution in [0.15, 0.2) is 12.2 Å². The van der Waals surface area contributed by atoms with Gasteiger partial charge in [0, 0.05) is 83.8 Å². The van der Waals surface area contributed by atoms with E-state index in [1.165, 1.54) is 231 Å². The van der Waals surface area contributed by atoms with Gasteiger partial charge >= 0.3 is 5.97 Å². The summed E-state index contributed by atoms with van der Waals surface area (Å²) in [6.07, 6.45) is 55.4. The molecule has 0 fully saturated rings. The largest absolute Gasteiger partial charge is 0.478 e. The Labute approximate surface area is 500 Å². The predicted octanol–water partition coefficient (Wildman–Crippen LogP) is 13.6. The molecule has 15 nitrogen and oxygen atoms in total. The summed E-state index contributed by atoms with van der Waals surface area (Å²) in [6, 6.07) is 0. The summed E-state index contributed by atoms with van der Waals surface area (Å²) in [5, 5.41) is 17.6. The highest BCUT2D eigenvalue weighted by molar-refractivity contribution is 5.92. The number of primary amides is 4. The average molecular weight is 1150 g/mol. The molecule has 0 aliphatic carbocycles. The molecule has 0 rings (SSSR count). The number of carbonyl (C=O) groups is 5. The third-order valence-electron chi connectivity index (χ3n) is 13.9. The first-order valence-electron chi connectivity index (χ1n) is 33.5. The zero-order chi connectivity index (χ0) is 61.5. The fourth-order valence-corrected chi connectivity index (χ4v) is 8.94. The van der Waals surface area contributed by atoms with E-state index in [-0.39, 0.29) is 17.7 Å². The van der Waals surface area contributed by atoms with Gasteiger partial charge in [0.25, 0.3) is 0 Å². The Balaban J connectivity index is -0.000000306. The molecule has 0 aliphatic rings. The molecule has 15 heteroatoms. The SMILES string of the molecule is CC(C)CCCCCCCCCCCCCCC(N)=O.CC(C)CCCCCCCCCCCCCCC(N)=O.CC(C)CCCCCCCCCCCCCCC(N)=O.NC(=O)/C=C\C(=O)O.NCCNCCNCCNCCN. The zero-order valence-corrected chi connectivity index (χ0v) is 54.2. The fraction of sp³-hybridized carbons (Fsp3) is 0.894. The number of hydrogen-bond acceptors (Lipinski definition) is 10. The molecule has 0 saturated carbocycles. The summed E-state index contributed by atoms with van der Waals surface area (Å²) >= 11 is 0. The van der Waals surface area contributed by atoms with Crippen LogP contribution in [-0.2, 0) is 24.0 Å². The van der Waals surface area contributed by atoms with Crippen molar-refractivity contribution >= 4 is 29.6 Å². The standard InChI is InChI=1S/3C18H37NO.C8H23N5.C4H5NO3/c3*1-17(2)15-13-11-9-7-5-3-4-6-8-10-12-14-16-18(19)20;9-1-3-11-5-7-13-8-6-12-4-2-10;5-3(6)1-2-4(7)8/h3*17H,3-16H2,1-2H3,(H2,19,20);11-13H,1-10H2;1-2H,(H2,5,6)(H,7,8)/b;;;;2-1-. The van der Waals surface area contributed by atoms with Crippen LogP contribution in [0.3, 0.4) is 0 Å². The van der Waals surface area contributed by atoms with E-state index in [0.717, 1.165) is 82.4 Å². The van der Waals surface area contributed by atoms with Gasteiger partial charge in [0.2, 0.25) is 23.6 Å². The summed E-state index contributed by atoms with van der Waals surface area (Å²) in [5.41, 5.74) is 30.5. The molecule has 4 amide bonds. The molecule has 484 valence electrons. The first kappa shape index (κ1) is 86.7. The molecular formula is C66H139N9O6. The highest BCUT2D eigenvalue weighted by atomic mass is 16.4. The van der Waals surface area contributed by atoms with Gasteiger partial charge in [0.15, 0.2) is 0 Å². The minimum absolute atomic E-state index is 0.154. The summed E-state index contributed by atoms with van der Waals surface area (Å²) < 4.78 is 0. The smallest absolute Gasteiger partial charge is 0.328 e. The molecule has 0 atom stereocenters. The Kier molecular flexibility index (Phi) is 82.3. The van der Waals surface area contributed by atoms with Crippen LogP contribution in [0.1, 0.15) is 311 Å². The number of hydrogen-bond donors (Lipinski definition) is 10. The van der Waals surface area contributed by atoms with E-state index in [0.29, 0.717) is 38.4 Å². The Morgan fingerprint density at radius 3 is 0.642 bits per heavy atom. The Morgan fingerprint density at radius 2 is 0.494 bits per heavy atom. The Morgan fingerprint density at radius 1 is 0.309 bits per heavy atom. The minimum atomic E-state index is -1.18. The fourth-order valence-electron chi connectivity index (χ4n) is 8.94. The third kappa shape index (κ3) is 109. The molecule has 0 aromatic heterocycles. The van der Waals surface area contributed by atoms with E-state index in [4.69, 9.17) is 33.8 Å². The highest BCUT2D eigenvalue weighted by Gasteiger charge is 2.01. The summed E-state index contributed by atoms with van der Waals surface area (Å²) in [4.78, 5) is 51.1. The molecule has 0 radical (unpaired) electrons. The molecule has 0 aliphatic heterocycles. The number of aliphatic carboxylic acids is 1. The maximum atomic E-state index is 10.6. The van der Waals surface area contributed by atoms with Crippen LogP contribution in [0.2, 0.25) is 0 Å². The van der Waals surface area contributed by atoms with Gasteiger partial charge in [0.05, 0.1) is 0 Å². The minimum Gasteiger partial charge on any atom is -0.478 e. The maximum Gasteiger partial charge on any atom is 0.328 e. The van der Waals surface area contributed by atoms with E-state index in [9.17, 15) is 24.0 Å². The van der Waals surface area contributed by atoms with Crippen molar-refractivity contribution in [3.63, 3.8) is 0 Å². The van der Waals surface area contributed by atoms with Crippen LogP contribution in [0.25, 0.3) is 0 Å². The zero-order valence-electron chi connectivity index (χ0n) is 54.2. The van der Waals surface area contributed by atoms with Gasteiger partial charge in [-0.3, -0.25) is 19.2 Å². The van der Waals surface area contributed by atoms with Gasteiger partial charge in [-0.05, 0) is 37.0 Å². The van der Waals surface area contributed by atoms with Crippen molar-refractivity contribution in [2.45, 2.75) is 311 Å². The molecule has 0 heterocycles. The molecule has 0 unspecified atom stereocenters. The Hall–Kier alpha value is -3.11. The monoisotopic (exact) mass is 1150 g/mol. The van der Waals surface area contributed by atoms with Crippen LogP contribution >= 0.6 is 0 Å². The maximum absolute atomic E-state index is 10.6. The van der Waals surface area contributed by atoms with Crippen LogP contribution < -0.4 is 50.4 Å². The lowest BCUT2D eigenvalue weighted by Crippen LogP contribution is -2.35. The second-order valence-electron chi connectivity index (χ2n) is 23.8. The lowest BCUT2D eigenvalue weighted by molar-refractivity contribution is -0.131. The number of amides is 4. The number of nitrogens with two attached hydrogens (primary N) is 6. The topological polar surface area (TPSA) is 298 Å². The molecule has 16 N–H and O–H groups in total. The summed E-state index contributed by atoms with van der Waals surface area (Å²) in [5.74, 6) is 0.223. The first-order chi connectivity index (χ1) is 38.9. The van der Waals surface area contributed by atoms with Crippen LogP contribution in [-0.4, -0.2) is 87.1 Å². The van der Waals surface area contributed by atoms with Crippen LogP contribution in [0, 0.1) is 17.8 Å². The average Bonchev–Trinajstić information content (AvgIpc) is 3.40. The predicted molar refractivity (Wildman–Crippen MR) is 349 cm³/mol. The number of carbonyl (C=O) groups excluding carboxylic acids is 4. The van der Waals surface area contributed by atoms with Crippen molar-refractivity contribution < 1.29 is 29.1 Å². The number of carboxylic acid groups (broad SMARTS) is 1. The van der Waals surface area contributed by atoms with Gasteiger partial charge < -0.3 is 55.5 Å². The summed E-state index contributed by atoms with van der Waals surface area (Å²) in [6.45, 7) is 21.0. The van der Waals surface area contributed by atoms with Crippen molar-refractivity contribution in [3.8, 4) is 0 Å². The number of carboxylic acids is 1. The molecule has 81 heavy (non-hydrogen) atoms. The van der Waals surface area contributed by atoms with Crippen molar-refractivity contribution in [1.82, 2.24) is 16.0 Å². The lowest BCUT2D eigenvalue weighted by atomic mass is 10.0.